The third kappa shape index (κ3) is 5.55. The number of aldehydes is 1. The van der Waals surface area contributed by atoms with Gasteiger partial charge in [-0.2, -0.15) is 0 Å². The molecule has 0 aliphatic carbocycles. The molecular formula is C12H16O5. The first-order chi connectivity index (χ1) is 7.92. The summed E-state index contributed by atoms with van der Waals surface area (Å²) in [6.45, 7) is 3.28. The van der Waals surface area contributed by atoms with E-state index in [1.807, 2.05) is 0 Å². The number of methoxy groups -OCH3 is 1. The molecule has 0 amide bonds. The van der Waals surface area contributed by atoms with E-state index in [4.69, 9.17) is 14.9 Å². The largest absolute Gasteiger partial charge is 0.504 e. The average Bonchev–Trinajstić information content (AvgIpc) is 2.30. The molecule has 0 aromatic heterocycles. The van der Waals surface area contributed by atoms with Crippen LogP contribution in [0.3, 0.4) is 0 Å². The zero-order valence-electron chi connectivity index (χ0n) is 10.0. The van der Waals surface area contributed by atoms with Gasteiger partial charge in [0, 0.05) is 5.56 Å². The van der Waals surface area contributed by atoms with Gasteiger partial charge in [0.05, 0.1) is 13.0 Å². The van der Waals surface area contributed by atoms with E-state index in [0.717, 1.165) is 0 Å². The van der Waals surface area contributed by atoms with Crippen molar-refractivity contribution in [2.75, 3.05) is 7.11 Å². The predicted molar refractivity (Wildman–Crippen MR) is 62.5 cm³/mol. The van der Waals surface area contributed by atoms with E-state index in [-0.39, 0.29) is 11.7 Å². The Morgan fingerprint density at radius 3 is 2.29 bits per heavy atom. The van der Waals surface area contributed by atoms with E-state index in [9.17, 15) is 9.59 Å². The van der Waals surface area contributed by atoms with Crippen molar-refractivity contribution in [3.05, 3.63) is 23.8 Å². The first-order valence-electron chi connectivity index (χ1n) is 4.97. The molecule has 0 unspecified atom stereocenters. The highest BCUT2D eigenvalue weighted by molar-refractivity contribution is 5.76. The van der Waals surface area contributed by atoms with Crippen LogP contribution >= 0.6 is 0 Å². The second kappa shape index (κ2) is 7.27. The van der Waals surface area contributed by atoms with Crippen LogP contribution in [0.15, 0.2) is 18.2 Å². The lowest BCUT2D eigenvalue weighted by Crippen LogP contribution is -2.03. The van der Waals surface area contributed by atoms with Crippen molar-refractivity contribution < 1.29 is 24.5 Å². The Balaban J connectivity index is 0.000000366. The van der Waals surface area contributed by atoms with Crippen LogP contribution < -0.4 is 4.74 Å². The number of phenols is 1. The third-order valence-electron chi connectivity index (χ3n) is 1.83. The van der Waals surface area contributed by atoms with Gasteiger partial charge in [-0.1, -0.05) is 13.8 Å². The summed E-state index contributed by atoms with van der Waals surface area (Å²) in [7, 11) is 1.43. The number of carbonyl (C=O) groups is 2. The summed E-state index contributed by atoms with van der Waals surface area (Å²) >= 11 is 0. The van der Waals surface area contributed by atoms with Crippen molar-refractivity contribution in [3.8, 4) is 11.5 Å². The van der Waals surface area contributed by atoms with E-state index in [1.54, 1.807) is 13.8 Å². The number of aliphatic carboxylic acids is 1. The number of rotatable bonds is 3. The number of aromatic hydroxyl groups is 1. The Morgan fingerprint density at radius 1 is 1.41 bits per heavy atom. The first kappa shape index (κ1) is 15.0. The molecule has 94 valence electrons. The molecule has 0 saturated heterocycles. The molecule has 0 heterocycles. The van der Waals surface area contributed by atoms with Crippen molar-refractivity contribution >= 4 is 12.3 Å². The van der Waals surface area contributed by atoms with Crippen molar-refractivity contribution in [1.29, 1.82) is 0 Å². The smallest absolute Gasteiger partial charge is 0.305 e. The Hall–Kier alpha value is -2.04. The maximum absolute atomic E-state index is 10.2. The van der Waals surface area contributed by atoms with E-state index >= 15 is 0 Å². The molecule has 0 atom stereocenters. The average molecular weight is 240 g/mol. The summed E-state index contributed by atoms with van der Waals surface area (Å²) in [6.07, 6.45) is 0.696. The fraction of sp³-hybridized carbons (Fsp3) is 0.333. The minimum Gasteiger partial charge on any atom is -0.504 e. The number of hydrogen-bond acceptors (Lipinski definition) is 4. The molecule has 1 aromatic carbocycles. The van der Waals surface area contributed by atoms with E-state index in [1.165, 1.54) is 25.3 Å². The van der Waals surface area contributed by atoms with Gasteiger partial charge >= 0.3 is 5.97 Å². The summed E-state index contributed by atoms with van der Waals surface area (Å²) in [5.74, 6) is -0.618. The van der Waals surface area contributed by atoms with Crippen molar-refractivity contribution in [1.82, 2.24) is 0 Å². The summed E-state index contributed by atoms with van der Waals surface area (Å²) in [5.41, 5.74) is 0.486. The monoisotopic (exact) mass is 240 g/mol. The first-order valence-corrected chi connectivity index (χ1v) is 4.97. The van der Waals surface area contributed by atoms with Gasteiger partial charge in [-0.15, -0.1) is 0 Å². The molecule has 0 spiro atoms. The highest BCUT2D eigenvalue weighted by Crippen LogP contribution is 2.25. The molecule has 0 radical (unpaired) electrons. The number of hydrogen-bond donors (Lipinski definition) is 2. The van der Waals surface area contributed by atoms with Crippen LogP contribution in [-0.4, -0.2) is 29.6 Å². The van der Waals surface area contributed by atoms with Crippen molar-refractivity contribution in [3.63, 3.8) is 0 Å². The SMILES string of the molecule is CC(C)C(=O)O.COc1cc(C=O)ccc1O. The molecule has 2 N–H and O–H groups in total. The molecule has 0 bridgehead atoms. The fourth-order valence-corrected chi connectivity index (χ4v) is 0.768. The second-order valence-electron chi connectivity index (χ2n) is 3.54. The molecule has 0 saturated carbocycles. The van der Waals surface area contributed by atoms with Gasteiger partial charge < -0.3 is 14.9 Å². The fourth-order valence-electron chi connectivity index (χ4n) is 0.768. The quantitative estimate of drug-likeness (QED) is 0.789. The number of ether oxygens (including phenoxy) is 1. The lowest BCUT2D eigenvalue weighted by molar-refractivity contribution is -0.140. The maximum atomic E-state index is 10.2. The molecule has 5 heteroatoms. The summed E-state index contributed by atoms with van der Waals surface area (Å²) in [5, 5.41) is 17.1. The third-order valence-corrected chi connectivity index (χ3v) is 1.83. The van der Waals surface area contributed by atoms with Crippen LogP contribution in [0.25, 0.3) is 0 Å². The highest BCUT2D eigenvalue weighted by atomic mass is 16.5. The molecular weight excluding hydrogens is 224 g/mol. The van der Waals surface area contributed by atoms with Crippen molar-refractivity contribution in [2.45, 2.75) is 13.8 Å². The molecule has 5 nitrogen and oxygen atoms in total. The number of carboxylic acid groups (broad SMARTS) is 1. The van der Waals surface area contributed by atoms with Gasteiger partial charge in [-0.25, -0.2) is 0 Å². The van der Waals surface area contributed by atoms with E-state index in [2.05, 4.69) is 0 Å². The van der Waals surface area contributed by atoms with Crippen LogP contribution in [0, 0.1) is 5.92 Å². The molecule has 0 aliphatic heterocycles. The van der Waals surface area contributed by atoms with Crippen LogP contribution in [-0.2, 0) is 4.79 Å². The van der Waals surface area contributed by atoms with Gasteiger partial charge in [-0.05, 0) is 18.2 Å². The van der Waals surface area contributed by atoms with Crippen molar-refractivity contribution in [2.24, 2.45) is 5.92 Å². The minimum absolute atomic E-state index is 0.0399. The van der Waals surface area contributed by atoms with Gasteiger partial charge in [0.25, 0.3) is 0 Å². The Labute approximate surface area is 99.7 Å². The summed E-state index contributed by atoms with van der Waals surface area (Å²) < 4.78 is 4.78. The Bertz CT molecular complexity index is 384. The van der Waals surface area contributed by atoms with Gasteiger partial charge in [-0.3, -0.25) is 9.59 Å². The zero-order valence-corrected chi connectivity index (χ0v) is 10.0. The molecule has 0 aliphatic rings. The maximum Gasteiger partial charge on any atom is 0.305 e. The van der Waals surface area contributed by atoms with Crippen LogP contribution in [0.5, 0.6) is 11.5 Å². The Morgan fingerprint density at radius 2 is 1.94 bits per heavy atom. The van der Waals surface area contributed by atoms with Gasteiger partial charge in [0.2, 0.25) is 0 Å². The lowest BCUT2D eigenvalue weighted by atomic mass is 10.2. The topological polar surface area (TPSA) is 83.8 Å². The lowest BCUT2D eigenvalue weighted by Gasteiger charge is -2.01. The predicted octanol–water partition coefficient (Wildman–Crippen LogP) is 1.94. The molecule has 1 rings (SSSR count). The number of phenolic OH excluding ortho intramolecular Hbond substituents is 1. The molecule has 1 aromatic rings. The second-order valence-corrected chi connectivity index (χ2v) is 3.54. The Kier molecular flexibility index (Phi) is 6.40. The summed E-state index contributed by atoms with van der Waals surface area (Å²) in [6, 6.07) is 4.41. The number of benzene rings is 1. The number of carbonyl (C=O) groups excluding carboxylic acids is 1. The molecule has 0 fully saturated rings. The van der Waals surface area contributed by atoms with Gasteiger partial charge in [0.15, 0.2) is 11.5 Å². The molecule has 17 heavy (non-hydrogen) atoms. The van der Waals surface area contributed by atoms with E-state index < -0.39 is 5.97 Å². The normalized spacial score (nSPS) is 9.18. The summed E-state index contributed by atoms with van der Waals surface area (Å²) in [4.78, 5) is 19.9. The standard InChI is InChI=1S/C8H8O3.C4H8O2/c1-11-8-4-6(5-9)2-3-7(8)10;1-3(2)4(5)6/h2-5,10H,1H3;3H,1-2H3,(H,5,6). The number of carboxylic acids is 1. The van der Waals surface area contributed by atoms with Gasteiger partial charge in [0.1, 0.15) is 6.29 Å². The highest BCUT2D eigenvalue weighted by Gasteiger charge is 2.00. The zero-order chi connectivity index (χ0) is 13.4. The van der Waals surface area contributed by atoms with Crippen LogP contribution in [0.4, 0.5) is 0 Å². The van der Waals surface area contributed by atoms with Crippen LogP contribution in [0.1, 0.15) is 24.2 Å². The van der Waals surface area contributed by atoms with E-state index in [0.29, 0.717) is 17.6 Å². The minimum atomic E-state index is -0.741. The van der Waals surface area contributed by atoms with Crippen LogP contribution in [0.2, 0.25) is 0 Å².